The molecule has 1 aliphatic heterocycles. The highest BCUT2D eigenvalue weighted by Gasteiger charge is 2.22. The van der Waals surface area contributed by atoms with Gasteiger partial charge in [-0.25, -0.2) is 4.79 Å². The molecule has 0 aromatic rings. The third kappa shape index (κ3) is 7.14. The maximum atomic E-state index is 11.8. The van der Waals surface area contributed by atoms with Crippen molar-refractivity contribution in [2.75, 3.05) is 26.2 Å². The lowest BCUT2D eigenvalue weighted by atomic mass is 9.88. The molecule has 2 atom stereocenters. The summed E-state index contributed by atoms with van der Waals surface area (Å²) in [6.45, 7) is 13.6. The maximum Gasteiger partial charge on any atom is 0.315 e. The number of β-amino-alcohol motifs (C(OH)–C–C–N with tert-alkyl or cyclic N) is 1. The minimum absolute atomic E-state index is 0.0282. The van der Waals surface area contributed by atoms with E-state index in [-0.39, 0.29) is 17.5 Å². The minimum Gasteiger partial charge on any atom is -0.390 e. The van der Waals surface area contributed by atoms with E-state index in [1.165, 1.54) is 12.8 Å². The molecule has 3 N–H and O–H groups in total. The van der Waals surface area contributed by atoms with Crippen LogP contribution in [-0.4, -0.2) is 54.4 Å². The second-order valence-corrected chi connectivity index (χ2v) is 7.58. The first-order valence-electron chi connectivity index (χ1n) is 8.13. The van der Waals surface area contributed by atoms with Gasteiger partial charge in [0.2, 0.25) is 0 Å². The zero-order valence-corrected chi connectivity index (χ0v) is 14.3. The number of rotatable bonds is 5. The van der Waals surface area contributed by atoms with Crippen LogP contribution in [0.5, 0.6) is 0 Å². The summed E-state index contributed by atoms with van der Waals surface area (Å²) in [5, 5.41) is 15.7. The average molecular weight is 299 g/mol. The first-order chi connectivity index (χ1) is 9.68. The SMILES string of the molecule is CC1CCN(CC(O)CNC(=O)NC(C)C(C)(C)C)CC1. The van der Waals surface area contributed by atoms with Crippen LogP contribution >= 0.6 is 0 Å². The van der Waals surface area contributed by atoms with Crippen LogP contribution in [0.1, 0.15) is 47.5 Å². The first kappa shape index (κ1) is 18.2. The second kappa shape index (κ2) is 7.99. The van der Waals surface area contributed by atoms with Gasteiger partial charge in [0.05, 0.1) is 6.10 Å². The van der Waals surface area contributed by atoms with Crippen molar-refractivity contribution in [3.63, 3.8) is 0 Å². The molecule has 1 saturated heterocycles. The smallest absolute Gasteiger partial charge is 0.315 e. The Labute approximate surface area is 129 Å². The molecule has 0 radical (unpaired) electrons. The van der Waals surface area contributed by atoms with Crippen LogP contribution in [0, 0.1) is 11.3 Å². The van der Waals surface area contributed by atoms with E-state index >= 15 is 0 Å². The molecule has 1 heterocycles. The van der Waals surface area contributed by atoms with E-state index in [4.69, 9.17) is 0 Å². The van der Waals surface area contributed by atoms with Gasteiger partial charge in [-0.3, -0.25) is 0 Å². The lowest BCUT2D eigenvalue weighted by Crippen LogP contribution is -2.49. The number of urea groups is 1. The van der Waals surface area contributed by atoms with Crippen molar-refractivity contribution in [3.8, 4) is 0 Å². The summed E-state index contributed by atoms with van der Waals surface area (Å²) < 4.78 is 0. The number of likely N-dealkylation sites (tertiary alicyclic amines) is 1. The fraction of sp³-hybridized carbons (Fsp3) is 0.938. The fourth-order valence-corrected chi connectivity index (χ4v) is 2.28. The van der Waals surface area contributed by atoms with Crippen molar-refractivity contribution in [1.29, 1.82) is 0 Å². The number of aliphatic hydroxyl groups excluding tert-OH is 1. The number of carbonyl (C=O) groups is 1. The highest BCUT2D eigenvalue weighted by molar-refractivity contribution is 5.74. The van der Waals surface area contributed by atoms with Gasteiger partial charge in [0.25, 0.3) is 0 Å². The topological polar surface area (TPSA) is 64.6 Å². The summed E-state index contributed by atoms with van der Waals surface area (Å²) in [6.07, 6.45) is 1.89. The molecule has 2 unspecified atom stereocenters. The Balaban J connectivity index is 2.20. The predicted molar refractivity (Wildman–Crippen MR) is 86.3 cm³/mol. The molecular weight excluding hydrogens is 266 g/mol. The monoisotopic (exact) mass is 299 g/mol. The van der Waals surface area contributed by atoms with Crippen molar-refractivity contribution >= 4 is 6.03 Å². The van der Waals surface area contributed by atoms with E-state index < -0.39 is 6.10 Å². The number of nitrogens with zero attached hydrogens (tertiary/aromatic N) is 1. The normalized spacial score (nSPS) is 20.9. The van der Waals surface area contributed by atoms with Gasteiger partial charge in [-0.2, -0.15) is 0 Å². The first-order valence-corrected chi connectivity index (χ1v) is 8.13. The molecule has 0 bridgehead atoms. The van der Waals surface area contributed by atoms with E-state index in [1.807, 2.05) is 6.92 Å². The quantitative estimate of drug-likeness (QED) is 0.725. The van der Waals surface area contributed by atoms with Crippen LogP contribution in [0.3, 0.4) is 0 Å². The van der Waals surface area contributed by atoms with Crippen LogP contribution < -0.4 is 10.6 Å². The van der Waals surface area contributed by atoms with E-state index in [1.54, 1.807) is 0 Å². The molecule has 21 heavy (non-hydrogen) atoms. The Hall–Kier alpha value is -0.810. The summed E-state index contributed by atoms with van der Waals surface area (Å²) in [6, 6.07) is -0.123. The number of carbonyl (C=O) groups excluding carboxylic acids is 1. The van der Waals surface area contributed by atoms with Gasteiger partial charge in [0, 0.05) is 19.1 Å². The maximum absolute atomic E-state index is 11.8. The lowest BCUT2D eigenvalue weighted by molar-refractivity contribution is 0.0917. The Bertz CT molecular complexity index is 320. The third-order valence-corrected chi connectivity index (χ3v) is 4.49. The van der Waals surface area contributed by atoms with Gasteiger partial charge in [0.15, 0.2) is 0 Å². The zero-order valence-electron chi connectivity index (χ0n) is 14.3. The number of hydrogen-bond acceptors (Lipinski definition) is 3. The van der Waals surface area contributed by atoms with E-state index in [0.29, 0.717) is 13.1 Å². The highest BCUT2D eigenvalue weighted by Crippen LogP contribution is 2.18. The van der Waals surface area contributed by atoms with Crippen molar-refractivity contribution in [1.82, 2.24) is 15.5 Å². The molecule has 2 amide bonds. The molecule has 1 fully saturated rings. The Morgan fingerprint density at radius 3 is 2.43 bits per heavy atom. The van der Waals surface area contributed by atoms with Gasteiger partial charge in [-0.15, -0.1) is 0 Å². The Kier molecular flexibility index (Phi) is 6.94. The molecule has 124 valence electrons. The van der Waals surface area contributed by atoms with E-state index in [2.05, 4.69) is 43.2 Å². The molecule has 0 aromatic heterocycles. The third-order valence-electron chi connectivity index (χ3n) is 4.49. The molecule has 1 rings (SSSR count). The number of hydrogen-bond donors (Lipinski definition) is 3. The molecule has 0 aliphatic carbocycles. The molecule has 5 nitrogen and oxygen atoms in total. The molecule has 0 saturated carbocycles. The summed E-state index contributed by atoms with van der Waals surface area (Å²) in [4.78, 5) is 14.1. The molecule has 0 spiro atoms. The highest BCUT2D eigenvalue weighted by atomic mass is 16.3. The summed E-state index contributed by atoms with van der Waals surface area (Å²) in [5.74, 6) is 0.793. The molecule has 1 aliphatic rings. The van der Waals surface area contributed by atoms with Crippen LogP contribution in [-0.2, 0) is 0 Å². The van der Waals surface area contributed by atoms with Gasteiger partial charge in [-0.1, -0.05) is 27.7 Å². The summed E-state index contributed by atoms with van der Waals surface area (Å²) in [5.41, 5.74) is 0.0282. The number of aliphatic hydroxyl groups is 1. The van der Waals surface area contributed by atoms with Crippen LogP contribution in [0.2, 0.25) is 0 Å². The number of piperidine rings is 1. The Morgan fingerprint density at radius 1 is 1.33 bits per heavy atom. The van der Waals surface area contributed by atoms with Crippen molar-refractivity contribution < 1.29 is 9.90 Å². The fourth-order valence-electron chi connectivity index (χ4n) is 2.28. The second-order valence-electron chi connectivity index (χ2n) is 7.58. The summed E-state index contributed by atoms with van der Waals surface area (Å²) in [7, 11) is 0. The van der Waals surface area contributed by atoms with Gasteiger partial charge < -0.3 is 20.6 Å². The number of amides is 2. The minimum atomic E-state index is -0.505. The van der Waals surface area contributed by atoms with Crippen molar-refractivity contribution in [3.05, 3.63) is 0 Å². The average Bonchev–Trinajstić information content (AvgIpc) is 2.38. The number of nitrogens with one attached hydrogen (secondary N) is 2. The van der Waals surface area contributed by atoms with E-state index in [9.17, 15) is 9.90 Å². The van der Waals surface area contributed by atoms with Crippen molar-refractivity contribution in [2.45, 2.75) is 59.6 Å². The van der Waals surface area contributed by atoms with E-state index in [0.717, 1.165) is 19.0 Å². The molecular formula is C16H33N3O2. The van der Waals surface area contributed by atoms with Gasteiger partial charge in [0.1, 0.15) is 0 Å². The Morgan fingerprint density at radius 2 is 1.90 bits per heavy atom. The lowest BCUT2D eigenvalue weighted by Gasteiger charge is -2.32. The predicted octanol–water partition coefficient (Wildman–Crippen LogP) is 1.81. The summed E-state index contributed by atoms with van der Waals surface area (Å²) >= 11 is 0. The zero-order chi connectivity index (χ0) is 16.0. The standard InChI is InChI=1S/C16H33N3O2/c1-12-6-8-19(9-7-12)11-14(20)10-17-15(21)18-13(2)16(3,4)5/h12-14,20H,6-11H2,1-5H3,(H2,17,18,21). The molecule has 0 aromatic carbocycles. The van der Waals surface area contributed by atoms with Gasteiger partial charge in [-0.05, 0) is 44.2 Å². The van der Waals surface area contributed by atoms with Crippen LogP contribution in [0.15, 0.2) is 0 Å². The largest absolute Gasteiger partial charge is 0.390 e. The van der Waals surface area contributed by atoms with Crippen LogP contribution in [0.25, 0.3) is 0 Å². The van der Waals surface area contributed by atoms with Crippen LogP contribution in [0.4, 0.5) is 4.79 Å². The molecule has 5 heteroatoms. The van der Waals surface area contributed by atoms with Crippen molar-refractivity contribution in [2.24, 2.45) is 11.3 Å². The van der Waals surface area contributed by atoms with Gasteiger partial charge >= 0.3 is 6.03 Å².